The number of nitro benzene ring substituents is 1. The maximum Gasteiger partial charge on any atom is 0.277 e. The third-order valence-corrected chi connectivity index (χ3v) is 3.39. The van der Waals surface area contributed by atoms with Crippen molar-refractivity contribution in [2.45, 2.75) is 19.6 Å². The molecule has 0 saturated carbocycles. The van der Waals surface area contributed by atoms with Gasteiger partial charge in [0.2, 0.25) is 0 Å². The Morgan fingerprint density at radius 3 is 2.67 bits per heavy atom. The number of nitro groups is 1. The summed E-state index contributed by atoms with van der Waals surface area (Å²) < 4.78 is 5.61. The van der Waals surface area contributed by atoms with E-state index in [0.29, 0.717) is 16.9 Å². The average molecular weight is 308 g/mol. The molecule has 1 N–H and O–H groups in total. The number of aliphatic hydroxyl groups excluding tert-OH is 1. The first-order valence-corrected chi connectivity index (χ1v) is 6.70. The summed E-state index contributed by atoms with van der Waals surface area (Å²) in [7, 11) is 0. The smallest absolute Gasteiger partial charge is 0.277 e. The third kappa shape index (κ3) is 3.51. The van der Waals surface area contributed by atoms with Gasteiger partial charge in [0, 0.05) is 11.6 Å². The van der Waals surface area contributed by atoms with Gasteiger partial charge in [-0.3, -0.25) is 10.1 Å². The van der Waals surface area contributed by atoms with Crippen LogP contribution >= 0.6 is 11.6 Å². The van der Waals surface area contributed by atoms with Crippen molar-refractivity contribution in [1.82, 2.24) is 0 Å². The van der Waals surface area contributed by atoms with Crippen molar-refractivity contribution in [2.24, 2.45) is 0 Å². The van der Waals surface area contributed by atoms with Crippen molar-refractivity contribution >= 4 is 17.3 Å². The summed E-state index contributed by atoms with van der Waals surface area (Å²) in [5.74, 6) is 0.474. The van der Waals surface area contributed by atoms with Gasteiger partial charge in [0.25, 0.3) is 5.69 Å². The minimum absolute atomic E-state index is 0.0419. The van der Waals surface area contributed by atoms with Gasteiger partial charge in [0.1, 0.15) is 12.4 Å². The first-order chi connectivity index (χ1) is 10.0. The van der Waals surface area contributed by atoms with Crippen LogP contribution in [0.25, 0.3) is 0 Å². The molecule has 2 rings (SSSR count). The zero-order valence-corrected chi connectivity index (χ0v) is 12.1. The first kappa shape index (κ1) is 15.3. The van der Waals surface area contributed by atoms with Crippen LogP contribution in [-0.4, -0.2) is 10.0 Å². The Morgan fingerprint density at radius 2 is 2.00 bits per heavy atom. The third-order valence-electron chi connectivity index (χ3n) is 3.03. The van der Waals surface area contributed by atoms with Gasteiger partial charge in [-0.1, -0.05) is 35.9 Å². The van der Waals surface area contributed by atoms with Crippen LogP contribution in [0.15, 0.2) is 42.5 Å². The maximum absolute atomic E-state index is 11.0. The molecule has 0 aliphatic carbocycles. The van der Waals surface area contributed by atoms with E-state index in [1.165, 1.54) is 12.1 Å². The topological polar surface area (TPSA) is 72.6 Å². The highest BCUT2D eigenvalue weighted by atomic mass is 35.5. The molecule has 1 atom stereocenters. The van der Waals surface area contributed by atoms with E-state index in [-0.39, 0.29) is 17.3 Å². The molecule has 110 valence electrons. The summed E-state index contributed by atoms with van der Waals surface area (Å²) in [6, 6.07) is 11.5. The van der Waals surface area contributed by atoms with Crippen molar-refractivity contribution in [2.75, 3.05) is 0 Å². The van der Waals surface area contributed by atoms with Crippen LogP contribution in [0.2, 0.25) is 5.02 Å². The second kappa shape index (κ2) is 6.56. The van der Waals surface area contributed by atoms with Crippen LogP contribution in [0.1, 0.15) is 24.2 Å². The molecule has 0 amide bonds. The highest BCUT2D eigenvalue weighted by Crippen LogP contribution is 2.30. The van der Waals surface area contributed by atoms with Crippen LogP contribution in [0.5, 0.6) is 5.75 Å². The van der Waals surface area contributed by atoms with E-state index in [2.05, 4.69) is 0 Å². The maximum atomic E-state index is 11.0. The highest BCUT2D eigenvalue weighted by Gasteiger charge is 2.18. The average Bonchev–Trinajstić information content (AvgIpc) is 2.45. The van der Waals surface area contributed by atoms with Crippen LogP contribution in [0.4, 0.5) is 5.69 Å². The van der Waals surface area contributed by atoms with Crippen molar-refractivity contribution in [1.29, 1.82) is 0 Å². The van der Waals surface area contributed by atoms with Gasteiger partial charge in [-0.25, -0.2) is 0 Å². The summed E-state index contributed by atoms with van der Waals surface area (Å²) in [5, 5.41) is 21.0. The molecule has 0 aliphatic rings. The molecule has 0 aromatic heterocycles. The molecule has 0 aliphatic heterocycles. The number of hydrogen-bond acceptors (Lipinski definition) is 4. The number of aliphatic hydroxyl groups is 1. The van der Waals surface area contributed by atoms with Gasteiger partial charge < -0.3 is 9.84 Å². The minimum Gasteiger partial charge on any atom is -0.488 e. The standard InChI is InChI=1S/C15H14ClNO4/c1-10(18)11-5-2-3-8-15(11)21-9-12-13(16)6-4-7-14(12)17(19)20/h2-8,10,18H,9H2,1H3/t10-/m0/s1. The molecule has 0 bridgehead atoms. The molecule has 5 nitrogen and oxygen atoms in total. The lowest BCUT2D eigenvalue weighted by atomic mass is 10.1. The Morgan fingerprint density at radius 1 is 1.29 bits per heavy atom. The Balaban J connectivity index is 2.27. The number of nitrogens with zero attached hydrogens (tertiary/aromatic N) is 1. The molecule has 0 spiro atoms. The molecule has 0 saturated heterocycles. The Hall–Kier alpha value is -2.11. The van der Waals surface area contributed by atoms with E-state index >= 15 is 0 Å². The second-order valence-corrected chi connectivity index (χ2v) is 4.90. The second-order valence-electron chi connectivity index (χ2n) is 4.50. The van der Waals surface area contributed by atoms with Crippen molar-refractivity contribution < 1.29 is 14.8 Å². The molecule has 2 aromatic rings. The fourth-order valence-corrected chi connectivity index (χ4v) is 2.19. The minimum atomic E-state index is -0.692. The van der Waals surface area contributed by atoms with Gasteiger partial charge >= 0.3 is 0 Å². The van der Waals surface area contributed by atoms with Crippen LogP contribution < -0.4 is 4.74 Å². The number of ether oxygens (including phenoxy) is 1. The molecule has 0 heterocycles. The number of rotatable bonds is 5. The summed E-state index contributed by atoms with van der Waals surface area (Å²) >= 11 is 6.01. The van der Waals surface area contributed by atoms with Gasteiger partial charge in [-0.15, -0.1) is 0 Å². The predicted octanol–water partition coefficient (Wildman–Crippen LogP) is 3.88. The fraction of sp³-hybridized carbons (Fsp3) is 0.200. The molecule has 21 heavy (non-hydrogen) atoms. The van der Waals surface area contributed by atoms with Gasteiger partial charge in [0.05, 0.1) is 21.6 Å². The monoisotopic (exact) mass is 307 g/mol. The van der Waals surface area contributed by atoms with Crippen molar-refractivity contribution in [3.8, 4) is 5.75 Å². The zero-order valence-electron chi connectivity index (χ0n) is 11.3. The Labute approximate surface area is 126 Å². The summed E-state index contributed by atoms with van der Waals surface area (Å²) in [5.41, 5.74) is 0.841. The predicted molar refractivity (Wildman–Crippen MR) is 79.5 cm³/mol. The molecule has 2 aromatic carbocycles. The van der Waals surface area contributed by atoms with Crippen LogP contribution in [0.3, 0.4) is 0 Å². The molecule has 0 fully saturated rings. The van der Waals surface area contributed by atoms with Gasteiger partial charge in [0.15, 0.2) is 0 Å². The summed E-state index contributed by atoms with van der Waals surface area (Å²) in [4.78, 5) is 10.5. The number of para-hydroxylation sites is 1. The largest absolute Gasteiger partial charge is 0.488 e. The van der Waals surface area contributed by atoms with E-state index in [4.69, 9.17) is 16.3 Å². The normalized spacial score (nSPS) is 12.0. The lowest BCUT2D eigenvalue weighted by Gasteiger charge is -2.13. The fourth-order valence-electron chi connectivity index (χ4n) is 1.97. The van der Waals surface area contributed by atoms with Crippen LogP contribution in [-0.2, 0) is 6.61 Å². The number of benzene rings is 2. The quantitative estimate of drug-likeness (QED) is 0.672. The first-order valence-electron chi connectivity index (χ1n) is 6.32. The summed E-state index contributed by atoms with van der Waals surface area (Å²) in [6.07, 6.45) is -0.692. The van der Waals surface area contributed by atoms with Crippen molar-refractivity contribution in [3.63, 3.8) is 0 Å². The van der Waals surface area contributed by atoms with E-state index in [1.54, 1.807) is 37.3 Å². The van der Waals surface area contributed by atoms with E-state index in [9.17, 15) is 15.2 Å². The molecule has 0 radical (unpaired) electrons. The summed E-state index contributed by atoms with van der Waals surface area (Å²) in [6.45, 7) is 1.58. The van der Waals surface area contributed by atoms with E-state index < -0.39 is 11.0 Å². The number of halogens is 1. The van der Waals surface area contributed by atoms with Crippen molar-refractivity contribution in [3.05, 3.63) is 68.7 Å². The number of hydrogen-bond donors (Lipinski definition) is 1. The molecule has 0 unspecified atom stereocenters. The van der Waals surface area contributed by atoms with E-state index in [0.717, 1.165) is 0 Å². The lowest BCUT2D eigenvalue weighted by Crippen LogP contribution is -2.04. The lowest BCUT2D eigenvalue weighted by molar-refractivity contribution is -0.385. The SMILES string of the molecule is C[C@H](O)c1ccccc1OCc1c(Cl)cccc1[N+](=O)[O-]. The Bertz CT molecular complexity index is 658. The Kier molecular flexibility index (Phi) is 4.77. The van der Waals surface area contributed by atoms with Crippen LogP contribution in [0, 0.1) is 10.1 Å². The molecule has 6 heteroatoms. The van der Waals surface area contributed by atoms with E-state index in [1.807, 2.05) is 0 Å². The molecular weight excluding hydrogens is 294 g/mol. The zero-order chi connectivity index (χ0) is 15.4. The molecular formula is C15H14ClNO4. The van der Waals surface area contributed by atoms with Gasteiger partial charge in [-0.05, 0) is 19.1 Å². The van der Waals surface area contributed by atoms with Gasteiger partial charge in [-0.2, -0.15) is 0 Å². The highest BCUT2D eigenvalue weighted by molar-refractivity contribution is 6.31.